The number of hydrogen-bond donors (Lipinski definition) is 1. The van der Waals surface area contributed by atoms with Crippen molar-refractivity contribution in [1.29, 1.82) is 0 Å². The maximum absolute atomic E-state index is 13.9. The molecule has 10 heteroatoms. The van der Waals surface area contributed by atoms with Gasteiger partial charge in [-0.3, -0.25) is 9.36 Å². The fourth-order valence-electron chi connectivity index (χ4n) is 3.09. The second kappa shape index (κ2) is 9.59. The molecule has 1 atom stereocenters. The molecule has 1 aromatic carbocycles. The van der Waals surface area contributed by atoms with Gasteiger partial charge in [-0.1, -0.05) is 23.9 Å². The van der Waals surface area contributed by atoms with Crippen molar-refractivity contribution in [2.75, 3.05) is 31.2 Å². The molecule has 0 aliphatic carbocycles. The number of nitrogens with one attached hydrogen (secondary N) is 1. The second-order valence-corrected chi connectivity index (χ2v) is 9.09. The lowest BCUT2D eigenvalue weighted by molar-refractivity contribution is -0.120. The summed E-state index contributed by atoms with van der Waals surface area (Å²) in [4.78, 5) is 15.7. The van der Waals surface area contributed by atoms with Crippen molar-refractivity contribution in [3.63, 3.8) is 0 Å². The maximum Gasteiger partial charge on any atom is 0.233 e. The van der Waals surface area contributed by atoms with Gasteiger partial charge < -0.3 is 15.0 Å². The number of ether oxygens (including phenoxy) is 1. The number of nitrogens with zero attached hydrogens (tertiary/aromatic N) is 4. The van der Waals surface area contributed by atoms with Crippen LogP contribution in [0.15, 0.2) is 46.9 Å². The van der Waals surface area contributed by atoms with E-state index in [0.717, 1.165) is 4.88 Å². The zero-order valence-corrected chi connectivity index (χ0v) is 18.1. The van der Waals surface area contributed by atoms with Crippen molar-refractivity contribution in [2.45, 2.75) is 23.9 Å². The summed E-state index contributed by atoms with van der Waals surface area (Å²) in [5.74, 6) is 0.194. The zero-order valence-electron chi connectivity index (χ0n) is 16.5. The Bertz CT molecular complexity index is 989. The molecule has 1 amide bonds. The fraction of sp³-hybridized carbons (Fsp3) is 0.350. The summed E-state index contributed by atoms with van der Waals surface area (Å²) in [5, 5.41) is 13.8. The van der Waals surface area contributed by atoms with Crippen LogP contribution in [0.1, 0.15) is 11.8 Å². The molecule has 0 spiro atoms. The van der Waals surface area contributed by atoms with E-state index in [4.69, 9.17) is 4.74 Å². The Morgan fingerprint density at radius 3 is 2.87 bits per heavy atom. The SMILES string of the molecule is CC(Sc1nnc(N2CCOCC2)n1-c1cccc(F)c1)C(=O)NCc1cccs1. The lowest BCUT2D eigenvalue weighted by Crippen LogP contribution is -2.38. The average molecular weight is 448 g/mol. The van der Waals surface area contributed by atoms with Gasteiger partial charge in [0.15, 0.2) is 5.16 Å². The van der Waals surface area contributed by atoms with Gasteiger partial charge in [-0.25, -0.2) is 4.39 Å². The van der Waals surface area contributed by atoms with E-state index in [1.807, 2.05) is 35.1 Å². The van der Waals surface area contributed by atoms with Crippen molar-refractivity contribution in [2.24, 2.45) is 0 Å². The van der Waals surface area contributed by atoms with Crippen molar-refractivity contribution in [3.05, 3.63) is 52.5 Å². The first-order valence-corrected chi connectivity index (χ1v) is 11.4. The standard InChI is InChI=1S/C20H22FN5O2S2/c1-14(18(27)22-13-17-6-3-11-29-17)30-20-24-23-19(25-7-9-28-10-8-25)26(20)16-5-2-4-15(21)12-16/h2-6,11-12,14H,7-10,13H2,1H3,(H,22,27). The summed E-state index contributed by atoms with van der Waals surface area (Å²) < 4.78 is 21.2. The van der Waals surface area contributed by atoms with Gasteiger partial charge >= 0.3 is 0 Å². The number of thioether (sulfide) groups is 1. The normalized spacial score (nSPS) is 15.2. The number of morpholine rings is 1. The Morgan fingerprint density at radius 2 is 2.13 bits per heavy atom. The van der Waals surface area contributed by atoms with Gasteiger partial charge in [-0.05, 0) is 36.6 Å². The van der Waals surface area contributed by atoms with Gasteiger partial charge in [0.2, 0.25) is 11.9 Å². The first-order valence-electron chi connectivity index (χ1n) is 9.62. The quantitative estimate of drug-likeness (QED) is 0.561. The fourth-order valence-corrected chi connectivity index (χ4v) is 4.62. The highest BCUT2D eigenvalue weighted by molar-refractivity contribution is 8.00. The van der Waals surface area contributed by atoms with Gasteiger partial charge in [0.05, 0.1) is 30.7 Å². The minimum atomic E-state index is -0.390. The van der Waals surface area contributed by atoms with E-state index in [1.165, 1.54) is 23.9 Å². The van der Waals surface area contributed by atoms with Crippen LogP contribution in [-0.2, 0) is 16.1 Å². The highest BCUT2D eigenvalue weighted by Crippen LogP contribution is 2.30. The third kappa shape index (κ3) is 4.82. The summed E-state index contributed by atoms with van der Waals surface area (Å²) in [6.45, 7) is 4.87. The largest absolute Gasteiger partial charge is 0.378 e. The molecule has 3 heterocycles. The second-order valence-electron chi connectivity index (χ2n) is 6.75. The molecule has 158 valence electrons. The highest BCUT2D eigenvalue weighted by Gasteiger charge is 2.25. The molecule has 0 radical (unpaired) electrons. The lowest BCUT2D eigenvalue weighted by atomic mass is 10.3. The molecule has 1 aliphatic heterocycles. The molecule has 1 unspecified atom stereocenters. The number of halogens is 1. The first-order chi connectivity index (χ1) is 14.6. The van der Waals surface area contributed by atoms with E-state index in [1.54, 1.807) is 17.4 Å². The Labute approximate surface area is 182 Å². The Kier molecular flexibility index (Phi) is 6.66. The molecule has 0 bridgehead atoms. The topological polar surface area (TPSA) is 72.3 Å². The number of carbonyl (C=O) groups is 1. The van der Waals surface area contributed by atoms with Crippen molar-refractivity contribution < 1.29 is 13.9 Å². The van der Waals surface area contributed by atoms with Crippen LogP contribution in [0.3, 0.4) is 0 Å². The molecule has 1 saturated heterocycles. The lowest BCUT2D eigenvalue weighted by Gasteiger charge is -2.28. The van der Waals surface area contributed by atoms with Crippen LogP contribution in [0.2, 0.25) is 0 Å². The molecule has 1 N–H and O–H groups in total. The van der Waals surface area contributed by atoms with Crippen LogP contribution in [-0.4, -0.2) is 52.2 Å². The molecular formula is C20H22FN5O2S2. The molecule has 7 nitrogen and oxygen atoms in total. The third-order valence-corrected chi connectivity index (χ3v) is 6.56. The molecule has 4 rings (SSSR count). The van der Waals surface area contributed by atoms with Gasteiger partial charge in [0.25, 0.3) is 0 Å². The Hall–Kier alpha value is -2.43. The molecule has 3 aromatic rings. The Morgan fingerprint density at radius 1 is 1.30 bits per heavy atom. The number of hydrogen-bond acceptors (Lipinski definition) is 7. The third-order valence-electron chi connectivity index (χ3n) is 4.64. The summed E-state index contributed by atoms with van der Waals surface area (Å²) in [6, 6.07) is 10.2. The number of benzene rings is 1. The molecule has 1 aliphatic rings. The van der Waals surface area contributed by atoms with E-state index in [9.17, 15) is 9.18 Å². The predicted octanol–water partition coefficient (Wildman–Crippen LogP) is 3.10. The van der Waals surface area contributed by atoms with Gasteiger partial charge in [0, 0.05) is 18.0 Å². The van der Waals surface area contributed by atoms with Crippen molar-refractivity contribution >= 4 is 35.0 Å². The van der Waals surface area contributed by atoms with Crippen LogP contribution in [0.5, 0.6) is 0 Å². The van der Waals surface area contributed by atoms with Crippen LogP contribution in [0.4, 0.5) is 10.3 Å². The number of anilines is 1. The van der Waals surface area contributed by atoms with E-state index >= 15 is 0 Å². The minimum Gasteiger partial charge on any atom is -0.378 e. The average Bonchev–Trinajstić information content (AvgIpc) is 3.42. The number of aromatic nitrogens is 3. The predicted molar refractivity (Wildman–Crippen MR) is 116 cm³/mol. The minimum absolute atomic E-state index is 0.0879. The summed E-state index contributed by atoms with van der Waals surface area (Å²) >= 11 is 2.90. The number of rotatable bonds is 7. The molecule has 2 aromatic heterocycles. The summed E-state index contributed by atoms with van der Waals surface area (Å²) in [7, 11) is 0. The molecule has 0 saturated carbocycles. The van der Waals surface area contributed by atoms with E-state index in [-0.39, 0.29) is 17.0 Å². The number of thiophene rings is 1. The van der Waals surface area contributed by atoms with Gasteiger partial charge in [-0.2, -0.15) is 0 Å². The molecular weight excluding hydrogens is 425 g/mol. The van der Waals surface area contributed by atoms with Gasteiger partial charge in [-0.15, -0.1) is 21.5 Å². The highest BCUT2D eigenvalue weighted by atomic mass is 32.2. The van der Waals surface area contributed by atoms with E-state index < -0.39 is 0 Å². The van der Waals surface area contributed by atoms with Crippen LogP contribution >= 0.6 is 23.1 Å². The number of carbonyl (C=O) groups excluding carboxylic acids is 1. The van der Waals surface area contributed by atoms with Crippen LogP contribution in [0, 0.1) is 5.82 Å². The Balaban J connectivity index is 1.56. The van der Waals surface area contributed by atoms with E-state index in [2.05, 4.69) is 20.4 Å². The number of amides is 1. The smallest absolute Gasteiger partial charge is 0.233 e. The monoisotopic (exact) mass is 447 g/mol. The maximum atomic E-state index is 13.9. The van der Waals surface area contributed by atoms with Crippen molar-refractivity contribution in [3.8, 4) is 5.69 Å². The van der Waals surface area contributed by atoms with Crippen LogP contribution < -0.4 is 10.2 Å². The van der Waals surface area contributed by atoms with E-state index in [0.29, 0.717) is 49.6 Å². The first kappa shape index (κ1) is 20.8. The molecule has 1 fully saturated rings. The summed E-state index contributed by atoms with van der Waals surface area (Å²) in [6.07, 6.45) is 0. The van der Waals surface area contributed by atoms with Crippen LogP contribution in [0.25, 0.3) is 5.69 Å². The summed E-state index contributed by atoms with van der Waals surface area (Å²) in [5.41, 5.74) is 0.621. The molecule has 30 heavy (non-hydrogen) atoms. The van der Waals surface area contributed by atoms with Crippen molar-refractivity contribution in [1.82, 2.24) is 20.1 Å². The van der Waals surface area contributed by atoms with Gasteiger partial charge in [0.1, 0.15) is 5.82 Å². The zero-order chi connectivity index (χ0) is 20.9.